The van der Waals surface area contributed by atoms with Crippen LogP contribution in [0.2, 0.25) is 5.02 Å². The van der Waals surface area contributed by atoms with Crippen LogP contribution in [0.25, 0.3) is 0 Å². The summed E-state index contributed by atoms with van der Waals surface area (Å²) in [6.45, 7) is 0. The molecule has 1 fully saturated rings. The summed E-state index contributed by atoms with van der Waals surface area (Å²) in [7, 11) is 0. The molecular weight excluding hydrogens is 339 g/mol. The van der Waals surface area contributed by atoms with Gasteiger partial charge in [0, 0.05) is 22.3 Å². The standard InChI is InChI=1S/C20H22ClFN2O/c21-18-12-5-4-11-17(18)19(23-16-10-6-7-14(22)13-16)20(25)24-15-8-2-1-3-9-15/h4-7,10-13,15,19,23H,1-3,8-9H2,(H,24,25)/t19-/m1/s1. The lowest BCUT2D eigenvalue weighted by Gasteiger charge is -2.27. The van der Waals surface area contributed by atoms with E-state index in [9.17, 15) is 9.18 Å². The minimum Gasteiger partial charge on any atom is -0.370 e. The highest BCUT2D eigenvalue weighted by atomic mass is 35.5. The van der Waals surface area contributed by atoms with Gasteiger partial charge in [-0.2, -0.15) is 0 Å². The maximum absolute atomic E-state index is 13.5. The van der Waals surface area contributed by atoms with Crippen molar-refractivity contribution in [3.05, 3.63) is 64.9 Å². The van der Waals surface area contributed by atoms with Crippen LogP contribution < -0.4 is 10.6 Å². The minimum atomic E-state index is -0.669. The molecule has 2 N–H and O–H groups in total. The van der Waals surface area contributed by atoms with Gasteiger partial charge in [0.2, 0.25) is 5.91 Å². The first-order valence-corrected chi connectivity index (χ1v) is 9.08. The predicted molar refractivity (Wildman–Crippen MR) is 99.2 cm³/mol. The van der Waals surface area contributed by atoms with Crippen LogP contribution in [-0.4, -0.2) is 11.9 Å². The highest BCUT2D eigenvalue weighted by Gasteiger charge is 2.25. The van der Waals surface area contributed by atoms with Gasteiger partial charge < -0.3 is 10.6 Å². The fourth-order valence-electron chi connectivity index (χ4n) is 3.27. The van der Waals surface area contributed by atoms with Gasteiger partial charge in [-0.1, -0.05) is 55.1 Å². The van der Waals surface area contributed by atoms with E-state index < -0.39 is 6.04 Å². The second kappa shape index (κ2) is 8.34. The van der Waals surface area contributed by atoms with Gasteiger partial charge in [-0.05, 0) is 37.1 Å². The van der Waals surface area contributed by atoms with Crippen molar-refractivity contribution in [2.24, 2.45) is 0 Å². The normalized spacial score (nSPS) is 16.2. The molecule has 0 unspecified atom stereocenters. The van der Waals surface area contributed by atoms with Crippen LogP contribution in [0.1, 0.15) is 43.7 Å². The monoisotopic (exact) mass is 360 g/mol. The lowest BCUT2D eigenvalue weighted by Crippen LogP contribution is -2.41. The zero-order chi connectivity index (χ0) is 17.6. The molecule has 0 saturated heterocycles. The van der Waals surface area contributed by atoms with Crippen LogP contribution in [0, 0.1) is 5.82 Å². The van der Waals surface area contributed by atoms with Crippen molar-refractivity contribution in [2.75, 3.05) is 5.32 Å². The first-order valence-electron chi connectivity index (χ1n) is 8.70. The Morgan fingerprint density at radius 1 is 1.08 bits per heavy atom. The number of hydrogen-bond acceptors (Lipinski definition) is 2. The van der Waals surface area contributed by atoms with Crippen molar-refractivity contribution in [2.45, 2.75) is 44.2 Å². The third-order valence-corrected chi connectivity index (χ3v) is 4.91. The Balaban J connectivity index is 1.83. The van der Waals surface area contributed by atoms with Crippen LogP contribution in [0.15, 0.2) is 48.5 Å². The Kier molecular flexibility index (Phi) is 5.92. The van der Waals surface area contributed by atoms with Crippen LogP contribution >= 0.6 is 11.6 Å². The van der Waals surface area contributed by atoms with Crippen molar-refractivity contribution >= 4 is 23.2 Å². The number of carbonyl (C=O) groups excluding carboxylic acids is 1. The van der Waals surface area contributed by atoms with E-state index in [0.29, 0.717) is 16.3 Å². The number of benzene rings is 2. The van der Waals surface area contributed by atoms with Crippen molar-refractivity contribution in [3.8, 4) is 0 Å². The van der Waals surface area contributed by atoms with Gasteiger partial charge in [-0.15, -0.1) is 0 Å². The molecule has 0 radical (unpaired) electrons. The van der Waals surface area contributed by atoms with Gasteiger partial charge in [0.05, 0.1) is 0 Å². The largest absolute Gasteiger partial charge is 0.370 e. The highest BCUT2D eigenvalue weighted by Crippen LogP contribution is 2.27. The molecule has 0 aromatic heterocycles. The van der Waals surface area contributed by atoms with Gasteiger partial charge in [-0.25, -0.2) is 4.39 Å². The Morgan fingerprint density at radius 2 is 1.84 bits per heavy atom. The molecule has 1 amide bonds. The summed E-state index contributed by atoms with van der Waals surface area (Å²) in [6.07, 6.45) is 5.50. The second-order valence-electron chi connectivity index (χ2n) is 6.45. The van der Waals surface area contributed by atoms with E-state index in [2.05, 4.69) is 10.6 Å². The molecular formula is C20H22ClFN2O. The number of rotatable bonds is 5. The molecule has 1 aliphatic carbocycles. The SMILES string of the molecule is O=C(NC1CCCCC1)[C@H](Nc1cccc(F)c1)c1ccccc1Cl. The average molecular weight is 361 g/mol. The smallest absolute Gasteiger partial charge is 0.247 e. The van der Waals surface area contributed by atoms with E-state index in [1.165, 1.54) is 18.6 Å². The fraction of sp³-hybridized carbons (Fsp3) is 0.350. The number of halogens is 2. The van der Waals surface area contributed by atoms with Crippen molar-refractivity contribution in [1.29, 1.82) is 0 Å². The summed E-state index contributed by atoms with van der Waals surface area (Å²) in [5.41, 5.74) is 1.23. The highest BCUT2D eigenvalue weighted by molar-refractivity contribution is 6.31. The van der Waals surface area contributed by atoms with Gasteiger partial charge in [0.25, 0.3) is 0 Å². The molecule has 5 heteroatoms. The van der Waals surface area contributed by atoms with E-state index in [1.54, 1.807) is 18.2 Å². The van der Waals surface area contributed by atoms with Gasteiger partial charge in [-0.3, -0.25) is 4.79 Å². The molecule has 0 bridgehead atoms. The molecule has 132 valence electrons. The molecule has 0 spiro atoms. The second-order valence-corrected chi connectivity index (χ2v) is 6.86. The van der Waals surface area contributed by atoms with E-state index in [1.807, 2.05) is 18.2 Å². The first kappa shape index (κ1) is 17.7. The Hall–Kier alpha value is -2.07. The summed E-state index contributed by atoms with van der Waals surface area (Å²) in [6, 6.07) is 12.9. The van der Waals surface area contributed by atoms with Gasteiger partial charge in [0.1, 0.15) is 11.9 Å². The molecule has 3 nitrogen and oxygen atoms in total. The Bertz CT molecular complexity index is 731. The number of carbonyl (C=O) groups is 1. The summed E-state index contributed by atoms with van der Waals surface area (Å²) in [4.78, 5) is 12.9. The summed E-state index contributed by atoms with van der Waals surface area (Å²) in [5.74, 6) is -0.486. The predicted octanol–water partition coefficient (Wildman–Crippen LogP) is 5.08. The topological polar surface area (TPSA) is 41.1 Å². The number of hydrogen-bond donors (Lipinski definition) is 2. The third kappa shape index (κ3) is 4.73. The van der Waals surface area contributed by atoms with Crippen LogP contribution in [0.4, 0.5) is 10.1 Å². The molecule has 2 aromatic carbocycles. The van der Waals surface area contributed by atoms with E-state index in [0.717, 1.165) is 25.7 Å². The molecule has 3 rings (SSSR count). The molecule has 0 heterocycles. The van der Waals surface area contributed by atoms with Gasteiger partial charge >= 0.3 is 0 Å². The van der Waals surface area contributed by atoms with E-state index >= 15 is 0 Å². The Labute approximate surface area is 152 Å². The van der Waals surface area contributed by atoms with Crippen LogP contribution in [-0.2, 0) is 4.79 Å². The number of nitrogens with one attached hydrogen (secondary N) is 2. The first-order chi connectivity index (χ1) is 12.1. The van der Waals surface area contributed by atoms with Crippen molar-refractivity contribution in [1.82, 2.24) is 5.32 Å². The zero-order valence-corrected chi connectivity index (χ0v) is 14.7. The minimum absolute atomic E-state index is 0.135. The van der Waals surface area contributed by atoms with Crippen LogP contribution in [0.5, 0.6) is 0 Å². The molecule has 2 aromatic rings. The summed E-state index contributed by atoms with van der Waals surface area (Å²) < 4.78 is 13.5. The quantitative estimate of drug-likeness (QED) is 0.780. The number of anilines is 1. The van der Waals surface area contributed by atoms with Gasteiger partial charge in [0.15, 0.2) is 0 Å². The Morgan fingerprint density at radius 3 is 2.56 bits per heavy atom. The zero-order valence-electron chi connectivity index (χ0n) is 14.0. The molecule has 1 saturated carbocycles. The van der Waals surface area contributed by atoms with Crippen molar-refractivity contribution in [3.63, 3.8) is 0 Å². The summed E-state index contributed by atoms with van der Waals surface area (Å²) in [5, 5.41) is 6.76. The van der Waals surface area contributed by atoms with Crippen molar-refractivity contribution < 1.29 is 9.18 Å². The number of amides is 1. The third-order valence-electron chi connectivity index (χ3n) is 4.57. The average Bonchev–Trinajstić information content (AvgIpc) is 2.61. The van der Waals surface area contributed by atoms with E-state index in [-0.39, 0.29) is 17.8 Å². The molecule has 25 heavy (non-hydrogen) atoms. The molecule has 1 atom stereocenters. The van der Waals surface area contributed by atoms with E-state index in [4.69, 9.17) is 11.6 Å². The summed E-state index contributed by atoms with van der Waals surface area (Å²) >= 11 is 6.31. The fourth-order valence-corrected chi connectivity index (χ4v) is 3.51. The maximum atomic E-state index is 13.5. The van der Waals surface area contributed by atoms with Crippen LogP contribution in [0.3, 0.4) is 0 Å². The maximum Gasteiger partial charge on any atom is 0.247 e. The lowest BCUT2D eigenvalue weighted by atomic mass is 9.95. The molecule has 1 aliphatic rings. The molecule has 0 aliphatic heterocycles. The lowest BCUT2D eigenvalue weighted by molar-refractivity contribution is -0.122.